The molecule has 0 aromatic rings. The Balaban J connectivity index is 1.74. The first-order valence-corrected chi connectivity index (χ1v) is 7.13. The zero-order chi connectivity index (χ0) is 11.2. The molecule has 0 N–H and O–H groups in total. The summed E-state index contributed by atoms with van der Waals surface area (Å²) in [6.45, 7) is 3.55. The minimum atomic E-state index is 0.895. The van der Waals surface area contributed by atoms with Crippen molar-refractivity contribution in [1.29, 1.82) is 0 Å². The van der Waals surface area contributed by atoms with Crippen molar-refractivity contribution in [2.24, 2.45) is 5.92 Å². The number of methoxy groups -OCH3 is 1. The SMILES string of the molecule is COCCCN(CC1CC1)C1CCCCC1. The van der Waals surface area contributed by atoms with Crippen LogP contribution in [0.15, 0.2) is 0 Å². The summed E-state index contributed by atoms with van der Waals surface area (Å²) in [5.41, 5.74) is 0. The molecule has 0 saturated heterocycles. The van der Waals surface area contributed by atoms with E-state index in [2.05, 4.69) is 4.90 Å². The Morgan fingerprint density at radius 2 is 1.81 bits per heavy atom. The fraction of sp³-hybridized carbons (Fsp3) is 1.00. The van der Waals surface area contributed by atoms with Crippen LogP contribution in [0.3, 0.4) is 0 Å². The summed E-state index contributed by atoms with van der Waals surface area (Å²) >= 11 is 0. The van der Waals surface area contributed by atoms with E-state index in [9.17, 15) is 0 Å². The van der Waals surface area contributed by atoms with Crippen LogP contribution in [-0.4, -0.2) is 37.7 Å². The molecular formula is C14H27NO. The van der Waals surface area contributed by atoms with Gasteiger partial charge in [0.2, 0.25) is 0 Å². The summed E-state index contributed by atoms with van der Waals surface area (Å²) in [5.74, 6) is 1.03. The van der Waals surface area contributed by atoms with Crippen molar-refractivity contribution in [3.8, 4) is 0 Å². The van der Waals surface area contributed by atoms with E-state index < -0.39 is 0 Å². The monoisotopic (exact) mass is 225 g/mol. The first-order valence-electron chi connectivity index (χ1n) is 7.13. The molecule has 0 amide bonds. The number of hydrogen-bond donors (Lipinski definition) is 0. The third-order valence-electron chi connectivity index (χ3n) is 4.07. The van der Waals surface area contributed by atoms with E-state index in [1.54, 1.807) is 0 Å². The van der Waals surface area contributed by atoms with Crippen LogP contribution in [0.1, 0.15) is 51.4 Å². The zero-order valence-electron chi connectivity index (χ0n) is 10.8. The standard InChI is InChI=1S/C14H27NO/c1-16-11-5-10-15(12-13-8-9-13)14-6-3-2-4-7-14/h13-14H,2-12H2,1H3. The van der Waals surface area contributed by atoms with Gasteiger partial charge in [-0.3, -0.25) is 0 Å². The van der Waals surface area contributed by atoms with Crippen LogP contribution in [-0.2, 0) is 4.74 Å². The lowest BCUT2D eigenvalue weighted by molar-refractivity contribution is 0.124. The number of hydrogen-bond acceptors (Lipinski definition) is 2. The molecule has 2 aliphatic rings. The van der Waals surface area contributed by atoms with Crippen molar-refractivity contribution in [3.63, 3.8) is 0 Å². The van der Waals surface area contributed by atoms with Gasteiger partial charge in [-0.1, -0.05) is 19.3 Å². The van der Waals surface area contributed by atoms with Gasteiger partial charge in [0.25, 0.3) is 0 Å². The Bertz CT molecular complexity index is 185. The highest BCUT2D eigenvalue weighted by Gasteiger charge is 2.28. The lowest BCUT2D eigenvalue weighted by Gasteiger charge is -2.34. The molecule has 2 rings (SSSR count). The summed E-state index contributed by atoms with van der Waals surface area (Å²) in [6, 6.07) is 0.895. The van der Waals surface area contributed by atoms with Crippen molar-refractivity contribution in [2.45, 2.75) is 57.4 Å². The van der Waals surface area contributed by atoms with Gasteiger partial charge in [-0.05, 0) is 38.0 Å². The van der Waals surface area contributed by atoms with Crippen molar-refractivity contribution in [3.05, 3.63) is 0 Å². The molecule has 2 nitrogen and oxygen atoms in total. The largest absolute Gasteiger partial charge is 0.385 e. The highest BCUT2D eigenvalue weighted by atomic mass is 16.5. The maximum Gasteiger partial charge on any atom is 0.0474 e. The number of ether oxygens (including phenoxy) is 1. The minimum Gasteiger partial charge on any atom is -0.385 e. The second-order valence-electron chi connectivity index (χ2n) is 5.58. The summed E-state index contributed by atoms with van der Waals surface area (Å²) in [7, 11) is 1.81. The molecule has 0 unspecified atom stereocenters. The topological polar surface area (TPSA) is 12.5 Å². The molecule has 0 atom stereocenters. The van der Waals surface area contributed by atoms with Crippen molar-refractivity contribution < 1.29 is 4.74 Å². The van der Waals surface area contributed by atoms with Crippen molar-refractivity contribution >= 4 is 0 Å². The summed E-state index contributed by atoms with van der Waals surface area (Å²) in [4.78, 5) is 2.77. The smallest absolute Gasteiger partial charge is 0.0474 e. The molecule has 0 heterocycles. The average Bonchev–Trinajstić information content (AvgIpc) is 3.13. The van der Waals surface area contributed by atoms with Crippen molar-refractivity contribution in [1.82, 2.24) is 4.90 Å². The van der Waals surface area contributed by atoms with Crippen LogP contribution in [0.4, 0.5) is 0 Å². The Hall–Kier alpha value is -0.0800. The molecule has 0 aromatic carbocycles. The molecule has 94 valence electrons. The van der Waals surface area contributed by atoms with E-state index in [4.69, 9.17) is 4.74 Å². The van der Waals surface area contributed by atoms with E-state index in [1.165, 1.54) is 64.5 Å². The molecule has 0 radical (unpaired) electrons. The van der Waals surface area contributed by atoms with E-state index in [1.807, 2.05) is 7.11 Å². The summed E-state index contributed by atoms with van der Waals surface area (Å²) < 4.78 is 5.17. The second kappa shape index (κ2) is 6.61. The third kappa shape index (κ3) is 4.06. The molecule has 2 aliphatic carbocycles. The van der Waals surface area contributed by atoms with Gasteiger partial charge in [0, 0.05) is 32.8 Å². The van der Waals surface area contributed by atoms with Crippen molar-refractivity contribution in [2.75, 3.05) is 26.8 Å². The highest BCUT2D eigenvalue weighted by molar-refractivity contribution is 4.82. The van der Waals surface area contributed by atoms with Gasteiger partial charge in [-0.25, -0.2) is 0 Å². The van der Waals surface area contributed by atoms with E-state index in [0.717, 1.165) is 18.6 Å². The molecule has 0 aliphatic heterocycles. The van der Waals surface area contributed by atoms with E-state index in [-0.39, 0.29) is 0 Å². The first-order chi connectivity index (χ1) is 7.90. The van der Waals surface area contributed by atoms with Gasteiger partial charge in [0.05, 0.1) is 0 Å². The summed E-state index contributed by atoms with van der Waals surface area (Å²) in [6.07, 6.45) is 11.4. The maximum atomic E-state index is 5.17. The molecule has 0 spiro atoms. The van der Waals surface area contributed by atoms with E-state index >= 15 is 0 Å². The molecule has 0 aromatic heterocycles. The molecule has 16 heavy (non-hydrogen) atoms. The Labute approximate surface area is 100 Å². The fourth-order valence-corrected chi connectivity index (χ4v) is 2.91. The fourth-order valence-electron chi connectivity index (χ4n) is 2.91. The average molecular weight is 225 g/mol. The second-order valence-corrected chi connectivity index (χ2v) is 5.58. The first kappa shape index (κ1) is 12.4. The molecule has 2 saturated carbocycles. The predicted molar refractivity (Wildman–Crippen MR) is 67.7 cm³/mol. The summed E-state index contributed by atoms with van der Waals surface area (Å²) in [5, 5.41) is 0. The van der Waals surface area contributed by atoms with Gasteiger partial charge >= 0.3 is 0 Å². The third-order valence-corrected chi connectivity index (χ3v) is 4.07. The minimum absolute atomic E-state index is 0.895. The van der Waals surface area contributed by atoms with Gasteiger partial charge in [-0.2, -0.15) is 0 Å². The van der Waals surface area contributed by atoms with E-state index in [0.29, 0.717) is 0 Å². The normalized spacial score (nSPS) is 22.9. The molecule has 2 fully saturated rings. The van der Waals surface area contributed by atoms with Crippen LogP contribution in [0.25, 0.3) is 0 Å². The van der Waals surface area contributed by atoms with Gasteiger partial charge in [0.15, 0.2) is 0 Å². The molecule has 0 bridgehead atoms. The van der Waals surface area contributed by atoms with Gasteiger partial charge in [0.1, 0.15) is 0 Å². The number of rotatable bonds is 7. The molecular weight excluding hydrogens is 198 g/mol. The van der Waals surface area contributed by atoms with Crippen LogP contribution < -0.4 is 0 Å². The highest BCUT2D eigenvalue weighted by Crippen LogP contribution is 2.32. The quantitative estimate of drug-likeness (QED) is 0.617. The van der Waals surface area contributed by atoms with Crippen LogP contribution in [0.5, 0.6) is 0 Å². The Kier molecular flexibility index (Phi) is 5.11. The zero-order valence-corrected chi connectivity index (χ0v) is 10.8. The lowest BCUT2D eigenvalue weighted by Crippen LogP contribution is -2.39. The predicted octanol–water partition coefficient (Wildman–Crippen LogP) is 3.07. The van der Waals surface area contributed by atoms with Crippen LogP contribution in [0, 0.1) is 5.92 Å². The van der Waals surface area contributed by atoms with Crippen LogP contribution >= 0.6 is 0 Å². The Morgan fingerprint density at radius 1 is 1.06 bits per heavy atom. The molecule has 2 heteroatoms. The number of nitrogens with zero attached hydrogens (tertiary/aromatic N) is 1. The van der Waals surface area contributed by atoms with Crippen LogP contribution in [0.2, 0.25) is 0 Å². The lowest BCUT2D eigenvalue weighted by atomic mass is 9.94. The van der Waals surface area contributed by atoms with Gasteiger partial charge < -0.3 is 9.64 Å². The maximum absolute atomic E-state index is 5.17. The van der Waals surface area contributed by atoms with Gasteiger partial charge in [-0.15, -0.1) is 0 Å². The Morgan fingerprint density at radius 3 is 2.44 bits per heavy atom.